The largest absolute Gasteiger partial charge is 0.494 e. The highest BCUT2D eigenvalue weighted by Crippen LogP contribution is 2.30. The molecule has 0 radical (unpaired) electrons. The zero-order chi connectivity index (χ0) is 50.0. The van der Waals surface area contributed by atoms with Crippen LogP contribution in [0.2, 0.25) is 0 Å². The molecule has 4 aromatic rings. The van der Waals surface area contributed by atoms with Gasteiger partial charge in [0, 0.05) is 77.3 Å². The third kappa shape index (κ3) is 16.4. The fourth-order valence-corrected chi connectivity index (χ4v) is 9.24. The van der Waals surface area contributed by atoms with Crippen molar-refractivity contribution in [2.24, 2.45) is 11.3 Å². The van der Waals surface area contributed by atoms with Crippen LogP contribution in [0, 0.1) is 18.3 Å². The fraction of sp³-hybridized carbons (Fsp3) is 0.549. The smallest absolute Gasteiger partial charge is 0.246 e. The molecule has 0 spiro atoms. The first-order chi connectivity index (χ1) is 33.7. The Kier molecular flexibility index (Phi) is 20.8. The minimum absolute atomic E-state index is 0.00242. The molecule has 17 nitrogen and oxygen atoms in total. The number of aryl methyl sites for hydroxylation is 1. The van der Waals surface area contributed by atoms with Crippen LogP contribution in [0.4, 0.5) is 17.5 Å². The van der Waals surface area contributed by atoms with Gasteiger partial charge in [0.2, 0.25) is 29.6 Å². The number of carbonyl (C=O) groups is 4. The number of benzene rings is 2. The number of halogens is 1. The summed E-state index contributed by atoms with van der Waals surface area (Å²) in [6.07, 6.45) is 8.26. The molecule has 70 heavy (non-hydrogen) atoms. The number of β-amino-alcohol motifs (C(OH)–C–C–N with tert-alkyl or cyclic N) is 1. The van der Waals surface area contributed by atoms with Gasteiger partial charge in [0.05, 0.1) is 33.3 Å². The number of likely N-dealkylation sites (tertiary alicyclic amines) is 1. The number of rotatable bonds is 27. The molecular formula is C51H70BrN9O8S. The highest BCUT2D eigenvalue weighted by Gasteiger charge is 2.44. The van der Waals surface area contributed by atoms with E-state index in [1.807, 2.05) is 93.7 Å². The predicted molar refractivity (Wildman–Crippen MR) is 275 cm³/mol. The second-order valence-corrected chi connectivity index (χ2v) is 20.8. The number of amides is 4. The minimum Gasteiger partial charge on any atom is -0.494 e. The summed E-state index contributed by atoms with van der Waals surface area (Å²) < 4.78 is 18.1. The molecule has 2 aromatic carbocycles. The Bertz CT molecular complexity index is 2310. The molecule has 0 bridgehead atoms. The van der Waals surface area contributed by atoms with Gasteiger partial charge in [-0.05, 0) is 109 Å². The van der Waals surface area contributed by atoms with Crippen molar-refractivity contribution in [3.63, 3.8) is 0 Å². The molecular weight excluding hydrogens is 979 g/mol. The van der Waals surface area contributed by atoms with E-state index in [0.29, 0.717) is 57.7 Å². The van der Waals surface area contributed by atoms with Crippen LogP contribution in [-0.4, -0.2) is 131 Å². The maximum atomic E-state index is 13.9. The van der Waals surface area contributed by atoms with Crippen molar-refractivity contribution in [3.05, 3.63) is 76.0 Å². The Morgan fingerprint density at radius 2 is 1.67 bits per heavy atom. The average molecular weight is 1050 g/mol. The lowest BCUT2D eigenvalue weighted by molar-refractivity contribution is -0.144. The van der Waals surface area contributed by atoms with Crippen molar-refractivity contribution in [1.82, 2.24) is 35.4 Å². The van der Waals surface area contributed by atoms with E-state index in [0.717, 1.165) is 82.6 Å². The maximum Gasteiger partial charge on any atom is 0.246 e. The average Bonchev–Trinajstić information content (AvgIpc) is 3.94. The first-order valence-electron chi connectivity index (χ1n) is 24.4. The third-order valence-electron chi connectivity index (χ3n) is 12.4. The molecule has 2 aliphatic rings. The molecule has 1 aliphatic heterocycles. The van der Waals surface area contributed by atoms with E-state index < -0.39 is 35.4 Å². The van der Waals surface area contributed by atoms with Crippen LogP contribution in [0.15, 0.2) is 64.7 Å². The van der Waals surface area contributed by atoms with Gasteiger partial charge in [-0.25, -0.2) is 9.97 Å². The number of thiazole rings is 1. The third-order valence-corrected chi connectivity index (χ3v) is 13.9. The number of ether oxygens (including phenoxy) is 3. The second-order valence-electron chi connectivity index (χ2n) is 19.1. The van der Waals surface area contributed by atoms with Crippen molar-refractivity contribution in [3.8, 4) is 16.2 Å². The first kappa shape index (κ1) is 54.1. The topological polar surface area (TPSA) is 209 Å². The number of nitrogens with zero attached hydrogens (tertiary/aromatic N) is 5. The van der Waals surface area contributed by atoms with Crippen molar-refractivity contribution in [2.75, 3.05) is 70.3 Å². The zero-order valence-electron chi connectivity index (χ0n) is 41.1. The van der Waals surface area contributed by atoms with Crippen molar-refractivity contribution < 1.29 is 38.5 Å². The van der Waals surface area contributed by atoms with Gasteiger partial charge >= 0.3 is 0 Å². The molecule has 2 fully saturated rings. The minimum atomic E-state index is -0.940. The second kappa shape index (κ2) is 26.8. The molecule has 3 atom stereocenters. The Morgan fingerprint density at radius 1 is 0.943 bits per heavy atom. The molecule has 1 saturated carbocycles. The number of hydrogen-bond donors (Lipinski definition) is 5. The van der Waals surface area contributed by atoms with Gasteiger partial charge in [0.15, 0.2) is 0 Å². The van der Waals surface area contributed by atoms with Crippen molar-refractivity contribution in [2.45, 2.75) is 110 Å². The number of hydrogen-bond acceptors (Lipinski definition) is 14. The van der Waals surface area contributed by atoms with Crippen LogP contribution in [0.1, 0.15) is 89.8 Å². The molecule has 380 valence electrons. The summed E-state index contributed by atoms with van der Waals surface area (Å²) >= 11 is 5.10. The van der Waals surface area contributed by atoms with Crippen molar-refractivity contribution >= 4 is 68.3 Å². The molecule has 3 heterocycles. The summed E-state index contributed by atoms with van der Waals surface area (Å²) in [5, 5.41) is 22.9. The number of anilines is 3. The van der Waals surface area contributed by atoms with Crippen LogP contribution in [0.3, 0.4) is 0 Å². The highest BCUT2D eigenvalue weighted by atomic mass is 79.9. The summed E-state index contributed by atoms with van der Waals surface area (Å²) in [6, 6.07) is 13.7. The van der Waals surface area contributed by atoms with Gasteiger partial charge < -0.3 is 50.4 Å². The van der Waals surface area contributed by atoms with Gasteiger partial charge in [0.1, 0.15) is 30.3 Å². The van der Waals surface area contributed by atoms with Crippen LogP contribution >= 0.6 is 27.3 Å². The lowest BCUT2D eigenvalue weighted by Crippen LogP contribution is -2.58. The van der Waals surface area contributed by atoms with E-state index >= 15 is 0 Å². The maximum absolute atomic E-state index is 13.9. The molecule has 1 aliphatic carbocycles. The number of aliphatic hydroxyl groups is 1. The summed E-state index contributed by atoms with van der Waals surface area (Å²) in [4.78, 5) is 70.4. The number of unbranched alkanes of at least 4 members (excludes halogenated alkanes) is 2. The molecule has 0 unspecified atom stereocenters. The fourth-order valence-electron chi connectivity index (χ4n) is 8.10. The van der Waals surface area contributed by atoms with E-state index in [4.69, 9.17) is 14.2 Å². The van der Waals surface area contributed by atoms with E-state index in [-0.39, 0.29) is 43.8 Å². The SMILES string of the molecule is Cc1ncsc1-c1ccc(CNC(=O)[C@@H]2C[C@@H](O)CN2C(=O)[C@@H](NC(=O)COCCCOCCCCCOc2ccc(Nc3ncc(Br)c(NCCCN(C)C(=O)C4CCC4)n3)cc2)C(C)(C)C)cc1. The van der Waals surface area contributed by atoms with Crippen LogP contribution in [0.25, 0.3) is 10.4 Å². The molecule has 2 aromatic heterocycles. The summed E-state index contributed by atoms with van der Waals surface area (Å²) in [5.41, 5.74) is 4.89. The number of nitrogens with one attached hydrogen (secondary N) is 4. The number of carbonyl (C=O) groups excluding carboxylic acids is 4. The normalized spacial score (nSPS) is 16.3. The van der Waals surface area contributed by atoms with Crippen LogP contribution in [0.5, 0.6) is 5.75 Å². The molecule has 19 heteroatoms. The van der Waals surface area contributed by atoms with Gasteiger partial charge in [-0.15, -0.1) is 11.3 Å². The number of aliphatic hydroxyl groups excluding tert-OH is 1. The number of aromatic nitrogens is 3. The summed E-state index contributed by atoms with van der Waals surface area (Å²) in [7, 11) is 1.88. The summed E-state index contributed by atoms with van der Waals surface area (Å²) in [6.45, 7) is 10.9. The Balaban J connectivity index is 0.797. The summed E-state index contributed by atoms with van der Waals surface area (Å²) in [5.74, 6) is 1.16. The standard InChI is InChI=1S/C51H70BrN9O8S/c1-34-44(70-33-56-34)36-16-14-35(15-17-36)29-54-47(64)42-28-39(62)31-61(42)49(66)45(51(2,3)4)58-43(63)32-68-26-11-25-67-24-7-6-8-27-69-40-20-18-38(19-21-40)57-50-55-30-41(52)46(59-50)53-22-10-23-60(5)48(65)37-12-9-13-37/h14-21,30,33,37,39,42,45,62H,6-13,22-29,31-32H2,1-5H3,(H,54,64)(H,58,63)(H2,53,55,57,59)/t39-,42+,45-/m1/s1. The Morgan fingerprint density at radius 3 is 2.37 bits per heavy atom. The molecule has 5 N–H and O–H groups in total. The van der Waals surface area contributed by atoms with E-state index in [9.17, 15) is 24.3 Å². The van der Waals surface area contributed by atoms with Crippen LogP contribution < -0.4 is 26.0 Å². The van der Waals surface area contributed by atoms with E-state index in [2.05, 4.69) is 52.1 Å². The quantitative estimate of drug-likeness (QED) is 0.0373. The van der Waals surface area contributed by atoms with Gasteiger partial charge in [-0.2, -0.15) is 4.98 Å². The predicted octanol–water partition coefficient (Wildman–Crippen LogP) is 7.26. The molecule has 1 saturated heterocycles. The zero-order valence-corrected chi connectivity index (χ0v) is 43.5. The lowest BCUT2D eigenvalue weighted by Gasteiger charge is -2.35. The first-order valence-corrected chi connectivity index (χ1v) is 26.0. The van der Waals surface area contributed by atoms with Gasteiger partial charge in [-0.1, -0.05) is 51.5 Å². The Hall–Kier alpha value is -5.21. The van der Waals surface area contributed by atoms with Crippen LogP contribution in [-0.2, 0) is 35.2 Å². The Labute approximate surface area is 424 Å². The lowest BCUT2D eigenvalue weighted by atomic mass is 9.84. The van der Waals surface area contributed by atoms with Crippen molar-refractivity contribution in [1.29, 1.82) is 0 Å². The monoisotopic (exact) mass is 1050 g/mol. The van der Waals surface area contributed by atoms with Gasteiger partial charge in [-0.3, -0.25) is 19.2 Å². The molecule has 6 rings (SSSR count). The molecule has 4 amide bonds. The van der Waals surface area contributed by atoms with E-state index in [1.165, 1.54) is 4.90 Å². The van der Waals surface area contributed by atoms with Gasteiger partial charge in [0.25, 0.3) is 0 Å². The van der Waals surface area contributed by atoms with E-state index in [1.54, 1.807) is 17.5 Å². The highest BCUT2D eigenvalue weighted by molar-refractivity contribution is 9.10.